The third-order valence-corrected chi connectivity index (χ3v) is 5.24. The highest BCUT2D eigenvalue weighted by Gasteiger charge is 2.35. The fourth-order valence-electron chi connectivity index (χ4n) is 2.10. The number of nitrogens with zero attached hydrogens (tertiary/aromatic N) is 2. The van der Waals surface area contributed by atoms with Crippen LogP contribution in [0.15, 0.2) is 29.2 Å². The molecule has 0 bridgehead atoms. The molecule has 7 heteroatoms. The Kier molecular flexibility index (Phi) is 4.06. The van der Waals surface area contributed by atoms with Crippen molar-refractivity contribution in [2.75, 3.05) is 13.1 Å². The normalized spacial score (nSPS) is 20.2. The first-order valence-corrected chi connectivity index (χ1v) is 7.66. The molecule has 0 aromatic heterocycles. The molecule has 0 spiro atoms. The van der Waals surface area contributed by atoms with Crippen molar-refractivity contribution < 1.29 is 13.2 Å². The van der Waals surface area contributed by atoms with E-state index in [-0.39, 0.29) is 23.8 Å². The van der Waals surface area contributed by atoms with Crippen molar-refractivity contribution in [3.63, 3.8) is 0 Å². The van der Waals surface area contributed by atoms with Gasteiger partial charge in [0.15, 0.2) is 0 Å². The minimum Gasteiger partial charge on any atom is -0.353 e. The molecule has 1 aromatic carbocycles. The Bertz CT molecular complexity index is 646. The SMILES string of the molecule is CC1C(=O)NCCN1S(=O)(=O)c1ccc(CC#N)cc1. The van der Waals surface area contributed by atoms with Crippen LogP contribution >= 0.6 is 0 Å². The van der Waals surface area contributed by atoms with Crippen molar-refractivity contribution in [2.24, 2.45) is 0 Å². The summed E-state index contributed by atoms with van der Waals surface area (Å²) in [4.78, 5) is 11.7. The quantitative estimate of drug-likeness (QED) is 0.865. The molecule has 1 heterocycles. The number of piperazine rings is 1. The number of rotatable bonds is 3. The fraction of sp³-hybridized carbons (Fsp3) is 0.385. The molecule has 0 saturated carbocycles. The molecule has 1 aliphatic heterocycles. The van der Waals surface area contributed by atoms with Crippen LogP contribution in [0.25, 0.3) is 0 Å². The van der Waals surface area contributed by atoms with E-state index in [1.807, 2.05) is 6.07 Å². The molecule has 0 aliphatic carbocycles. The summed E-state index contributed by atoms with van der Waals surface area (Å²) in [6.07, 6.45) is 0.239. The molecule has 1 saturated heterocycles. The van der Waals surface area contributed by atoms with Crippen LogP contribution in [-0.2, 0) is 21.2 Å². The van der Waals surface area contributed by atoms with E-state index in [9.17, 15) is 13.2 Å². The second-order valence-electron chi connectivity index (χ2n) is 4.56. The number of nitriles is 1. The predicted octanol–water partition coefficient (Wildman–Crippen LogP) is 0.262. The third-order valence-electron chi connectivity index (χ3n) is 3.26. The van der Waals surface area contributed by atoms with E-state index in [4.69, 9.17) is 5.26 Å². The lowest BCUT2D eigenvalue weighted by Crippen LogP contribution is -2.55. The fourth-order valence-corrected chi connectivity index (χ4v) is 3.69. The summed E-state index contributed by atoms with van der Waals surface area (Å²) in [5, 5.41) is 11.2. The standard InChI is InChI=1S/C13H15N3O3S/c1-10-13(17)15-8-9-16(10)20(18,19)12-4-2-11(3-5-12)6-7-14/h2-5,10H,6,8-9H2,1H3,(H,15,17). The number of hydrogen-bond acceptors (Lipinski definition) is 4. The number of benzene rings is 1. The van der Waals surface area contributed by atoms with Gasteiger partial charge in [0.05, 0.1) is 17.4 Å². The van der Waals surface area contributed by atoms with Crippen LogP contribution in [0.1, 0.15) is 12.5 Å². The molecular formula is C13H15N3O3S. The van der Waals surface area contributed by atoms with Gasteiger partial charge in [0.2, 0.25) is 15.9 Å². The average molecular weight is 293 g/mol. The summed E-state index contributed by atoms with van der Waals surface area (Å²) in [5.41, 5.74) is 0.760. The maximum Gasteiger partial charge on any atom is 0.243 e. The molecule has 1 amide bonds. The first-order valence-electron chi connectivity index (χ1n) is 6.22. The molecule has 1 atom stereocenters. The predicted molar refractivity (Wildman–Crippen MR) is 72.1 cm³/mol. The van der Waals surface area contributed by atoms with Crippen molar-refractivity contribution in [3.05, 3.63) is 29.8 Å². The van der Waals surface area contributed by atoms with Gasteiger partial charge in [0.1, 0.15) is 6.04 Å². The molecule has 106 valence electrons. The van der Waals surface area contributed by atoms with Crippen LogP contribution in [0.4, 0.5) is 0 Å². The van der Waals surface area contributed by atoms with Gasteiger partial charge >= 0.3 is 0 Å². The highest BCUT2D eigenvalue weighted by molar-refractivity contribution is 7.89. The largest absolute Gasteiger partial charge is 0.353 e. The van der Waals surface area contributed by atoms with Crippen molar-refractivity contribution in [1.82, 2.24) is 9.62 Å². The molecule has 1 N–H and O–H groups in total. The Morgan fingerprint density at radius 1 is 1.40 bits per heavy atom. The monoisotopic (exact) mass is 293 g/mol. The summed E-state index contributed by atoms with van der Waals surface area (Å²) < 4.78 is 26.2. The molecule has 1 aromatic rings. The van der Waals surface area contributed by atoms with Crippen LogP contribution in [-0.4, -0.2) is 37.8 Å². The number of amides is 1. The van der Waals surface area contributed by atoms with Gasteiger partial charge in [0.25, 0.3) is 0 Å². The highest BCUT2D eigenvalue weighted by atomic mass is 32.2. The van der Waals surface area contributed by atoms with Gasteiger partial charge in [-0.15, -0.1) is 0 Å². The van der Waals surface area contributed by atoms with Gasteiger partial charge < -0.3 is 5.32 Å². The van der Waals surface area contributed by atoms with Gasteiger partial charge in [-0.2, -0.15) is 9.57 Å². The van der Waals surface area contributed by atoms with Gasteiger partial charge in [0, 0.05) is 13.1 Å². The number of carbonyl (C=O) groups excluding carboxylic acids is 1. The van der Waals surface area contributed by atoms with E-state index in [1.54, 1.807) is 19.1 Å². The Morgan fingerprint density at radius 2 is 2.05 bits per heavy atom. The highest BCUT2D eigenvalue weighted by Crippen LogP contribution is 2.20. The molecule has 20 heavy (non-hydrogen) atoms. The van der Waals surface area contributed by atoms with Gasteiger partial charge in [-0.05, 0) is 24.6 Å². The second-order valence-corrected chi connectivity index (χ2v) is 6.45. The third kappa shape index (κ3) is 2.66. The van der Waals surface area contributed by atoms with Crippen LogP contribution in [0.5, 0.6) is 0 Å². The molecule has 1 aliphatic rings. The zero-order valence-electron chi connectivity index (χ0n) is 11.0. The Balaban J connectivity index is 2.30. The summed E-state index contributed by atoms with van der Waals surface area (Å²) >= 11 is 0. The summed E-state index contributed by atoms with van der Waals surface area (Å²) in [6, 6.07) is 7.47. The van der Waals surface area contributed by atoms with Crippen LogP contribution in [0.3, 0.4) is 0 Å². The maximum absolute atomic E-state index is 12.5. The van der Waals surface area contributed by atoms with Gasteiger partial charge in [-0.1, -0.05) is 12.1 Å². The summed E-state index contributed by atoms with van der Waals surface area (Å²) in [7, 11) is -3.69. The zero-order valence-corrected chi connectivity index (χ0v) is 11.9. The van der Waals surface area contributed by atoms with E-state index in [2.05, 4.69) is 5.32 Å². The van der Waals surface area contributed by atoms with Gasteiger partial charge in [-0.25, -0.2) is 8.42 Å². The zero-order chi connectivity index (χ0) is 14.8. The first-order chi connectivity index (χ1) is 9.46. The van der Waals surface area contributed by atoms with E-state index in [1.165, 1.54) is 16.4 Å². The van der Waals surface area contributed by atoms with E-state index in [0.717, 1.165) is 5.56 Å². The van der Waals surface area contributed by atoms with E-state index >= 15 is 0 Å². The molecular weight excluding hydrogens is 278 g/mol. The first kappa shape index (κ1) is 14.5. The van der Waals surface area contributed by atoms with Crippen molar-refractivity contribution in [1.29, 1.82) is 5.26 Å². The number of hydrogen-bond donors (Lipinski definition) is 1. The van der Waals surface area contributed by atoms with Crippen molar-refractivity contribution in [2.45, 2.75) is 24.3 Å². The Morgan fingerprint density at radius 3 is 2.65 bits per heavy atom. The van der Waals surface area contributed by atoms with E-state index in [0.29, 0.717) is 6.54 Å². The molecule has 2 rings (SSSR count). The molecule has 1 fully saturated rings. The molecule has 1 unspecified atom stereocenters. The summed E-state index contributed by atoms with van der Waals surface area (Å²) in [5.74, 6) is -0.291. The van der Waals surface area contributed by atoms with Gasteiger partial charge in [-0.3, -0.25) is 4.79 Å². The number of carbonyl (C=O) groups is 1. The topological polar surface area (TPSA) is 90.3 Å². The summed E-state index contributed by atoms with van der Waals surface area (Å²) in [6.45, 7) is 2.14. The lowest BCUT2D eigenvalue weighted by Gasteiger charge is -2.31. The van der Waals surface area contributed by atoms with E-state index < -0.39 is 16.1 Å². The lowest BCUT2D eigenvalue weighted by molar-refractivity contribution is -0.126. The van der Waals surface area contributed by atoms with Crippen molar-refractivity contribution >= 4 is 15.9 Å². The van der Waals surface area contributed by atoms with Crippen LogP contribution in [0.2, 0.25) is 0 Å². The molecule has 6 nitrogen and oxygen atoms in total. The minimum absolute atomic E-state index is 0.140. The van der Waals surface area contributed by atoms with Crippen LogP contribution in [0, 0.1) is 11.3 Å². The maximum atomic E-state index is 12.5. The van der Waals surface area contributed by atoms with Crippen molar-refractivity contribution in [3.8, 4) is 6.07 Å². The van der Waals surface area contributed by atoms with Crippen LogP contribution < -0.4 is 5.32 Å². The second kappa shape index (κ2) is 5.61. The molecule has 0 radical (unpaired) electrons. The average Bonchev–Trinajstić information content (AvgIpc) is 2.42. The number of nitrogens with one attached hydrogen (secondary N) is 1. The number of sulfonamides is 1. The minimum atomic E-state index is -3.69. The lowest BCUT2D eigenvalue weighted by atomic mass is 10.2. The Labute approximate surface area is 118 Å². The smallest absolute Gasteiger partial charge is 0.243 e. The Hall–Kier alpha value is -1.91.